The van der Waals surface area contributed by atoms with E-state index in [1.807, 2.05) is 6.07 Å². The van der Waals surface area contributed by atoms with E-state index in [2.05, 4.69) is 18.7 Å². The van der Waals surface area contributed by atoms with Crippen LogP contribution in [0.25, 0.3) is 0 Å². The van der Waals surface area contributed by atoms with Crippen molar-refractivity contribution in [1.29, 1.82) is 0 Å². The van der Waals surface area contributed by atoms with E-state index in [0.717, 1.165) is 30.6 Å². The Hall–Kier alpha value is -1.02. The molecule has 2 rings (SSSR count). The molecule has 0 spiro atoms. The predicted molar refractivity (Wildman–Crippen MR) is 67.4 cm³/mol. The topological polar surface area (TPSA) is 20.3 Å². The van der Waals surface area contributed by atoms with Gasteiger partial charge in [-0.1, -0.05) is 25.4 Å². The van der Waals surface area contributed by atoms with Crippen LogP contribution in [0.4, 0.5) is 5.69 Å². The normalized spacial score (nSPS) is 24.8. The lowest BCUT2D eigenvalue weighted by molar-refractivity contribution is 0.112. The molecule has 3 heteroatoms. The molecule has 0 saturated carbocycles. The molecule has 0 aromatic heterocycles. The largest absolute Gasteiger partial charge is 0.370 e. The molecule has 1 aliphatic rings. The highest BCUT2D eigenvalue weighted by Gasteiger charge is 2.27. The summed E-state index contributed by atoms with van der Waals surface area (Å²) in [4.78, 5) is 13.2. The van der Waals surface area contributed by atoms with E-state index in [-0.39, 0.29) is 0 Å². The van der Waals surface area contributed by atoms with Gasteiger partial charge in [-0.05, 0) is 30.0 Å². The first-order chi connectivity index (χ1) is 7.61. The van der Waals surface area contributed by atoms with Crippen LogP contribution in [0.3, 0.4) is 0 Å². The summed E-state index contributed by atoms with van der Waals surface area (Å²) < 4.78 is 0. The Balaban J connectivity index is 2.33. The van der Waals surface area contributed by atoms with Crippen molar-refractivity contribution in [2.45, 2.75) is 13.8 Å². The Morgan fingerprint density at radius 3 is 2.50 bits per heavy atom. The maximum absolute atomic E-state index is 11.0. The van der Waals surface area contributed by atoms with Crippen molar-refractivity contribution in [2.75, 3.05) is 18.0 Å². The zero-order chi connectivity index (χ0) is 11.7. The number of benzene rings is 1. The maximum Gasteiger partial charge on any atom is 0.152 e. The van der Waals surface area contributed by atoms with E-state index < -0.39 is 0 Å². The third kappa shape index (κ3) is 2.07. The van der Waals surface area contributed by atoms with Gasteiger partial charge in [0.05, 0.1) is 0 Å². The molecule has 0 N–H and O–H groups in total. The smallest absolute Gasteiger partial charge is 0.152 e. The number of anilines is 1. The van der Waals surface area contributed by atoms with Crippen LogP contribution in [0.15, 0.2) is 18.2 Å². The summed E-state index contributed by atoms with van der Waals surface area (Å²) in [6.07, 6.45) is 0.902. The van der Waals surface area contributed by atoms with Crippen molar-refractivity contribution in [3.8, 4) is 0 Å². The van der Waals surface area contributed by atoms with E-state index in [0.29, 0.717) is 16.9 Å². The highest BCUT2D eigenvalue weighted by atomic mass is 35.5. The van der Waals surface area contributed by atoms with Crippen molar-refractivity contribution >= 4 is 23.6 Å². The fourth-order valence-corrected chi connectivity index (χ4v) is 2.38. The minimum Gasteiger partial charge on any atom is -0.370 e. The van der Waals surface area contributed by atoms with Gasteiger partial charge in [0.25, 0.3) is 0 Å². The van der Waals surface area contributed by atoms with Gasteiger partial charge in [0, 0.05) is 29.4 Å². The highest BCUT2D eigenvalue weighted by Crippen LogP contribution is 2.31. The molecule has 2 unspecified atom stereocenters. The Labute approximate surface area is 101 Å². The predicted octanol–water partition coefficient (Wildman–Crippen LogP) is 3.24. The van der Waals surface area contributed by atoms with Gasteiger partial charge in [-0.25, -0.2) is 0 Å². The van der Waals surface area contributed by atoms with Crippen molar-refractivity contribution in [3.63, 3.8) is 0 Å². The number of aldehydes is 1. The molecule has 0 amide bonds. The summed E-state index contributed by atoms with van der Waals surface area (Å²) in [6.45, 7) is 6.50. The van der Waals surface area contributed by atoms with Gasteiger partial charge in [-0.3, -0.25) is 4.79 Å². The first-order valence-corrected chi connectivity index (χ1v) is 5.99. The Morgan fingerprint density at radius 2 is 1.94 bits per heavy atom. The van der Waals surface area contributed by atoms with Crippen molar-refractivity contribution < 1.29 is 4.79 Å². The average Bonchev–Trinajstić information content (AvgIpc) is 2.59. The van der Waals surface area contributed by atoms with Crippen LogP contribution < -0.4 is 4.90 Å². The van der Waals surface area contributed by atoms with Crippen LogP contribution in [-0.4, -0.2) is 19.4 Å². The van der Waals surface area contributed by atoms with Gasteiger partial charge < -0.3 is 4.90 Å². The van der Waals surface area contributed by atoms with Crippen LogP contribution in [0, 0.1) is 11.8 Å². The van der Waals surface area contributed by atoms with Crippen molar-refractivity contribution in [1.82, 2.24) is 0 Å². The zero-order valence-electron chi connectivity index (χ0n) is 9.61. The summed E-state index contributed by atoms with van der Waals surface area (Å²) in [7, 11) is 0. The van der Waals surface area contributed by atoms with Gasteiger partial charge in [0.15, 0.2) is 6.29 Å². The molecular weight excluding hydrogens is 222 g/mol. The quantitative estimate of drug-likeness (QED) is 0.736. The average molecular weight is 238 g/mol. The number of halogens is 1. The van der Waals surface area contributed by atoms with Gasteiger partial charge in [-0.2, -0.15) is 0 Å². The van der Waals surface area contributed by atoms with Crippen LogP contribution in [-0.2, 0) is 0 Å². The number of carbonyl (C=O) groups excluding carboxylic acids is 1. The lowest BCUT2D eigenvalue weighted by atomic mass is 10.0. The molecule has 16 heavy (non-hydrogen) atoms. The molecule has 1 aromatic rings. The summed E-state index contributed by atoms with van der Waals surface area (Å²) in [5.74, 6) is 1.33. The molecule has 0 radical (unpaired) electrons. The Kier molecular flexibility index (Phi) is 3.20. The molecule has 0 bridgehead atoms. The van der Waals surface area contributed by atoms with Gasteiger partial charge >= 0.3 is 0 Å². The maximum atomic E-state index is 11.0. The monoisotopic (exact) mass is 237 g/mol. The molecule has 1 saturated heterocycles. The van der Waals surface area contributed by atoms with Gasteiger partial charge in [0.1, 0.15) is 0 Å². The SMILES string of the molecule is CC1CN(c2cc(Cl)ccc2C=O)CC1C. The third-order valence-electron chi connectivity index (χ3n) is 3.45. The van der Waals surface area contributed by atoms with E-state index in [9.17, 15) is 4.79 Å². The fourth-order valence-electron chi connectivity index (χ4n) is 2.22. The number of hydrogen-bond acceptors (Lipinski definition) is 2. The second-order valence-corrected chi connectivity index (χ2v) is 5.12. The Morgan fingerprint density at radius 1 is 1.31 bits per heavy atom. The lowest BCUT2D eigenvalue weighted by Gasteiger charge is -2.20. The first-order valence-electron chi connectivity index (χ1n) is 5.61. The summed E-state index contributed by atoms with van der Waals surface area (Å²) in [5, 5.41) is 0.688. The number of rotatable bonds is 2. The van der Waals surface area contributed by atoms with Crippen molar-refractivity contribution in [2.24, 2.45) is 11.8 Å². The molecule has 2 nitrogen and oxygen atoms in total. The fraction of sp³-hybridized carbons (Fsp3) is 0.462. The molecule has 0 aliphatic carbocycles. The molecule has 2 atom stereocenters. The molecule has 1 aromatic carbocycles. The minimum absolute atomic E-state index is 0.665. The standard InChI is InChI=1S/C13H16ClNO/c1-9-6-15(7-10(9)2)13-5-12(14)4-3-11(13)8-16/h3-5,8-10H,6-7H2,1-2H3. The van der Waals surface area contributed by atoms with Crippen molar-refractivity contribution in [3.05, 3.63) is 28.8 Å². The number of nitrogens with zero attached hydrogens (tertiary/aromatic N) is 1. The molecule has 1 aliphatic heterocycles. The summed E-state index contributed by atoms with van der Waals surface area (Å²) in [6, 6.07) is 5.44. The summed E-state index contributed by atoms with van der Waals surface area (Å²) in [5.41, 5.74) is 1.70. The van der Waals surface area contributed by atoms with E-state index >= 15 is 0 Å². The second-order valence-electron chi connectivity index (χ2n) is 4.68. The molecule has 1 heterocycles. The molecular formula is C13H16ClNO. The second kappa shape index (κ2) is 4.46. The minimum atomic E-state index is 0.665. The number of carbonyl (C=O) groups is 1. The highest BCUT2D eigenvalue weighted by molar-refractivity contribution is 6.31. The third-order valence-corrected chi connectivity index (χ3v) is 3.68. The van der Waals surface area contributed by atoms with Gasteiger partial charge in [0.2, 0.25) is 0 Å². The molecule has 1 fully saturated rings. The Bertz CT molecular complexity index is 395. The van der Waals surface area contributed by atoms with E-state index in [1.54, 1.807) is 12.1 Å². The van der Waals surface area contributed by atoms with Crippen LogP contribution in [0.1, 0.15) is 24.2 Å². The van der Waals surface area contributed by atoms with E-state index in [1.165, 1.54) is 0 Å². The summed E-state index contributed by atoms with van der Waals surface area (Å²) >= 11 is 5.98. The van der Waals surface area contributed by atoms with Crippen LogP contribution in [0.2, 0.25) is 5.02 Å². The molecule has 86 valence electrons. The van der Waals surface area contributed by atoms with E-state index in [4.69, 9.17) is 11.6 Å². The zero-order valence-corrected chi connectivity index (χ0v) is 10.4. The van der Waals surface area contributed by atoms with Crippen LogP contribution >= 0.6 is 11.6 Å². The van der Waals surface area contributed by atoms with Crippen LogP contribution in [0.5, 0.6) is 0 Å². The lowest BCUT2D eigenvalue weighted by Crippen LogP contribution is -2.20. The number of hydrogen-bond donors (Lipinski definition) is 0. The first kappa shape index (κ1) is 11.5. The van der Waals surface area contributed by atoms with Gasteiger partial charge in [-0.15, -0.1) is 0 Å².